The molecule has 1 aliphatic rings. The van der Waals surface area contributed by atoms with Crippen molar-refractivity contribution in [3.05, 3.63) is 78.0 Å². The SMILES string of the molecule is COC(=O)N[C@H](C(=O)NN(CC1CCCCC1)C[C@H](CCc1ccccc1)NC(=O)[C@](O)(CC(N)=O)NC(=O)c1ccc2ccccc2n1)C(C)C. The van der Waals surface area contributed by atoms with E-state index < -0.39 is 54.0 Å². The fourth-order valence-electron chi connectivity index (χ4n) is 6.44. The summed E-state index contributed by atoms with van der Waals surface area (Å²) in [6.07, 6.45) is 4.44. The zero-order valence-electron chi connectivity index (χ0n) is 30.1. The number of methoxy groups -OCH3 is 1. The van der Waals surface area contributed by atoms with Crippen LogP contribution in [0.5, 0.6) is 0 Å². The van der Waals surface area contributed by atoms with E-state index in [1.54, 1.807) is 37.1 Å². The number of nitrogens with two attached hydrogens (primary N) is 1. The molecule has 0 radical (unpaired) electrons. The number of rotatable bonds is 17. The molecule has 2 aromatic carbocycles. The number of hydrogen-bond acceptors (Lipinski definition) is 9. The number of para-hydroxylation sites is 1. The van der Waals surface area contributed by atoms with E-state index in [4.69, 9.17) is 10.5 Å². The second-order valence-electron chi connectivity index (χ2n) is 13.8. The van der Waals surface area contributed by atoms with Gasteiger partial charge < -0.3 is 31.5 Å². The largest absolute Gasteiger partial charge is 0.453 e. The van der Waals surface area contributed by atoms with Crippen molar-refractivity contribution in [2.45, 2.75) is 83.0 Å². The van der Waals surface area contributed by atoms with Gasteiger partial charge in [0.25, 0.3) is 17.7 Å². The molecule has 4 rings (SSSR count). The summed E-state index contributed by atoms with van der Waals surface area (Å²) in [5.74, 6) is -3.40. The van der Waals surface area contributed by atoms with Crippen molar-refractivity contribution in [2.75, 3.05) is 20.2 Å². The number of nitrogens with one attached hydrogen (secondary N) is 4. The molecule has 280 valence electrons. The highest BCUT2D eigenvalue weighted by molar-refractivity contribution is 6.00. The summed E-state index contributed by atoms with van der Waals surface area (Å²) in [5, 5.41) is 21.9. The van der Waals surface area contributed by atoms with Gasteiger partial charge in [0.05, 0.1) is 19.0 Å². The Labute approximate surface area is 304 Å². The molecule has 0 unspecified atom stereocenters. The van der Waals surface area contributed by atoms with Gasteiger partial charge in [0.2, 0.25) is 11.6 Å². The Morgan fingerprint density at radius 1 is 0.962 bits per heavy atom. The van der Waals surface area contributed by atoms with Crippen molar-refractivity contribution in [2.24, 2.45) is 17.6 Å². The molecule has 1 saturated carbocycles. The maximum atomic E-state index is 14.0. The summed E-state index contributed by atoms with van der Waals surface area (Å²) in [6, 6.07) is 18.3. The summed E-state index contributed by atoms with van der Waals surface area (Å²) in [7, 11) is 1.22. The summed E-state index contributed by atoms with van der Waals surface area (Å²) in [4.78, 5) is 69.6. The molecule has 3 atom stereocenters. The molecule has 1 fully saturated rings. The monoisotopic (exact) mass is 717 g/mol. The van der Waals surface area contributed by atoms with Gasteiger partial charge in [0.1, 0.15) is 11.7 Å². The van der Waals surface area contributed by atoms with Crippen LogP contribution in [-0.2, 0) is 25.5 Å². The van der Waals surface area contributed by atoms with Gasteiger partial charge in [0.15, 0.2) is 0 Å². The number of carbonyl (C=O) groups excluding carboxylic acids is 5. The number of fused-ring (bicyclic) bond motifs is 1. The van der Waals surface area contributed by atoms with Crippen LogP contribution in [0.1, 0.15) is 74.8 Å². The average Bonchev–Trinajstić information content (AvgIpc) is 3.12. The number of aryl methyl sites for hydroxylation is 1. The maximum Gasteiger partial charge on any atom is 0.407 e. The van der Waals surface area contributed by atoms with Gasteiger partial charge in [-0.1, -0.05) is 87.7 Å². The summed E-state index contributed by atoms with van der Waals surface area (Å²) < 4.78 is 4.74. The van der Waals surface area contributed by atoms with Crippen molar-refractivity contribution >= 4 is 40.6 Å². The highest BCUT2D eigenvalue weighted by Gasteiger charge is 2.41. The minimum Gasteiger partial charge on any atom is -0.453 e. The fraction of sp³-hybridized carbons (Fsp3) is 0.474. The lowest BCUT2D eigenvalue weighted by molar-refractivity contribution is -0.148. The topological polar surface area (TPSA) is 205 Å². The van der Waals surface area contributed by atoms with E-state index in [2.05, 4.69) is 26.4 Å². The standard InChI is InChI=1S/C38H51N7O7/c1-25(2)33(42-37(50)52-3)35(48)44-45(23-27-14-8-5-9-15-27)24-29(20-18-26-12-6-4-7-13-26)40-36(49)38(51,22-32(39)46)43-34(47)31-21-19-28-16-10-11-17-30(28)41-31/h4,6-7,10-13,16-17,19,21,25,27,29,33,51H,5,8-9,14-15,18,20,22-24H2,1-3H3,(H2,39,46)(H,40,49)(H,42,50)(H,43,47)(H,44,48)/t29-,33-,38+/m0/s1. The Bertz CT molecular complexity index is 1680. The summed E-state index contributed by atoms with van der Waals surface area (Å²) >= 11 is 0. The predicted octanol–water partition coefficient (Wildman–Crippen LogP) is 2.94. The van der Waals surface area contributed by atoms with Crippen LogP contribution in [0.25, 0.3) is 10.9 Å². The van der Waals surface area contributed by atoms with Crippen LogP contribution in [0, 0.1) is 11.8 Å². The van der Waals surface area contributed by atoms with Crippen LogP contribution in [0.4, 0.5) is 4.79 Å². The minimum atomic E-state index is -2.72. The molecule has 1 aromatic heterocycles. The van der Waals surface area contributed by atoms with Crippen molar-refractivity contribution < 1.29 is 33.8 Å². The molecule has 0 spiro atoms. The maximum absolute atomic E-state index is 14.0. The lowest BCUT2D eigenvalue weighted by Crippen LogP contribution is -2.63. The molecular weight excluding hydrogens is 666 g/mol. The van der Waals surface area contributed by atoms with E-state index in [1.165, 1.54) is 13.2 Å². The number of benzene rings is 2. The first kappa shape index (κ1) is 39.7. The second-order valence-corrected chi connectivity index (χ2v) is 13.8. The van der Waals surface area contributed by atoms with E-state index in [0.717, 1.165) is 43.1 Å². The Balaban J connectivity index is 1.60. The van der Waals surface area contributed by atoms with Gasteiger partial charge >= 0.3 is 6.09 Å². The number of nitrogens with zero attached hydrogens (tertiary/aromatic N) is 2. The van der Waals surface area contributed by atoms with Crippen molar-refractivity contribution in [1.82, 2.24) is 31.4 Å². The Morgan fingerprint density at radius 2 is 1.65 bits per heavy atom. The van der Waals surface area contributed by atoms with Crippen LogP contribution in [0.2, 0.25) is 0 Å². The molecule has 7 N–H and O–H groups in total. The predicted molar refractivity (Wildman–Crippen MR) is 195 cm³/mol. The Hall–Kier alpha value is -5.08. The molecule has 3 aromatic rings. The normalized spacial score (nSPS) is 15.7. The van der Waals surface area contributed by atoms with Crippen LogP contribution in [0.3, 0.4) is 0 Å². The third-order valence-corrected chi connectivity index (χ3v) is 9.24. The van der Waals surface area contributed by atoms with E-state index in [-0.39, 0.29) is 24.1 Å². The first-order chi connectivity index (χ1) is 24.9. The lowest BCUT2D eigenvalue weighted by Gasteiger charge is -2.35. The number of carbonyl (C=O) groups is 5. The van der Waals surface area contributed by atoms with E-state index in [1.807, 2.05) is 42.5 Å². The van der Waals surface area contributed by atoms with Crippen molar-refractivity contribution in [3.63, 3.8) is 0 Å². The number of hydrogen-bond donors (Lipinski definition) is 6. The number of primary amides is 1. The van der Waals surface area contributed by atoms with E-state index >= 15 is 0 Å². The molecular formula is C38H51N7O7. The summed E-state index contributed by atoms with van der Waals surface area (Å²) in [5.41, 5.74) is 7.18. The highest BCUT2D eigenvalue weighted by Crippen LogP contribution is 2.24. The molecule has 0 aliphatic heterocycles. The van der Waals surface area contributed by atoms with Gasteiger partial charge in [-0.25, -0.2) is 14.8 Å². The number of aromatic nitrogens is 1. The highest BCUT2D eigenvalue weighted by atomic mass is 16.5. The Kier molecular flexibility index (Phi) is 14.5. The molecule has 14 nitrogen and oxygen atoms in total. The molecule has 5 amide bonds. The molecule has 1 aliphatic carbocycles. The molecule has 52 heavy (non-hydrogen) atoms. The molecule has 14 heteroatoms. The number of alkyl carbamates (subject to hydrolysis) is 1. The molecule has 1 heterocycles. The van der Waals surface area contributed by atoms with Crippen LogP contribution in [-0.4, -0.2) is 82.8 Å². The minimum absolute atomic E-state index is 0.0725. The van der Waals surface area contributed by atoms with E-state index in [9.17, 15) is 29.1 Å². The fourth-order valence-corrected chi connectivity index (χ4v) is 6.44. The Morgan fingerprint density at radius 3 is 2.33 bits per heavy atom. The van der Waals surface area contributed by atoms with Crippen LogP contribution in [0.15, 0.2) is 66.7 Å². The van der Waals surface area contributed by atoms with Gasteiger partial charge in [-0.15, -0.1) is 0 Å². The van der Waals surface area contributed by atoms with Crippen LogP contribution < -0.4 is 27.1 Å². The van der Waals surface area contributed by atoms with Crippen molar-refractivity contribution in [1.29, 1.82) is 0 Å². The zero-order chi connectivity index (χ0) is 37.7. The summed E-state index contributed by atoms with van der Waals surface area (Å²) in [6.45, 7) is 4.19. The third kappa shape index (κ3) is 11.7. The number of amides is 5. The zero-order valence-corrected chi connectivity index (χ0v) is 30.1. The molecule has 0 bridgehead atoms. The number of aliphatic hydroxyl groups is 1. The number of pyridine rings is 1. The van der Waals surface area contributed by atoms with Crippen molar-refractivity contribution in [3.8, 4) is 0 Å². The van der Waals surface area contributed by atoms with Crippen LogP contribution >= 0.6 is 0 Å². The molecule has 0 saturated heterocycles. The average molecular weight is 718 g/mol. The van der Waals surface area contributed by atoms with Gasteiger partial charge in [-0.05, 0) is 55.2 Å². The first-order valence-electron chi connectivity index (χ1n) is 17.8. The van der Waals surface area contributed by atoms with Gasteiger partial charge in [0, 0.05) is 24.5 Å². The smallest absolute Gasteiger partial charge is 0.407 e. The number of ether oxygens (including phenoxy) is 1. The lowest BCUT2D eigenvalue weighted by atomic mass is 9.89. The third-order valence-electron chi connectivity index (χ3n) is 9.24. The number of hydrazine groups is 1. The second kappa shape index (κ2) is 19.0. The van der Waals surface area contributed by atoms with E-state index in [0.29, 0.717) is 24.9 Å². The first-order valence-corrected chi connectivity index (χ1v) is 17.8. The van der Waals surface area contributed by atoms with Gasteiger partial charge in [-0.3, -0.25) is 24.6 Å². The quantitative estimate of drug-likeness (QED) is 0.0896. The van der Waals surface area contributed by atoms with Gasteiger partial charge in [-0.2, -0.15) is 0 Å².